The Bertz CT molecular complexity index is 785. The number of rotatable bonds is 7. The number of amides is 1. The number of guanidine groups is 1. The Morgan fingerprint density at radius 1 is 1.12 bits per heavy atom. The summed E-state index contributed by atoms with van der Waals surface area (Å²) in [5.41, 5.74) is 11.6. The third kappa shape index (κ3) is 5.54. The molecule has 25 heavy (non-hydrogen) atoms. The highest BCUT2D eigenvalue weighted by Crippen LogP contribution is 2.23. The van der Waals surface area contributed by atoms with Crippen LogP contribution in [0.1, 0.15) is 5.56 Å². The predicted octanol–water partition coefficient (Wildman–Crippen LogP) is 1.32. The van der Waals surface area contributed by atoms with Crippen LogP contribution in [0.4, 0.5) is 5.69 Å². The Morgan fingerprint density at radius 3 is 2.52 bits per heavy atom. The first kappa shape index (κ1) is 17.8. The van der Waals surface area contributed by atoms with Gasteiger partial charge in [-0.15, -0.1) is 5.10 Å². The smallest absolute Gasteiger partial charge is 0.262 e. The highest BCUT2D eigenvalue weighted by Gasteiger charge is 2.09. The van der Waals surface area contributed by atoms with Gasteiger partial charge in [0.2, 0.25) is 5.96 Å². The highest BCUT2D eigenvalue weighted by molar-refractivity contribution is 5.93. The summed E-state index contributed by atoms with van der Waals surface area (Å²) in [7, 11) is 1.54. The van der Waals surface area contributed by atoms with Crippen LogP contribution >= 0.6 is 0 Å². The van der Waals surface area contributed by atoms with Gasteiger partial charge < -0.3 is 26.3 Å². The number of carbonyl (C=O) groups is 1. The van der Waals surface area contributed by atoms with Crippen molar-refractivity contribution in [3.8, 4) is 11.5 Å². The number of carbonyl (C=O) groups excluding carboxylic acids is 1. The number of hydrogen-bond donors (Lipinski definition) is 3. The van der Waals surface area contributed by atoms with Crippen molar-refractivity contribution in [1.29, 1.82) is 0 Å². The average Bonchev–Trinajstić information content (AvgIpc) is 2.61. The van der Waals surface area contributed by atoms with Crippen LogP contribution in [-0.4, -0.2) is 31.8 Å². The molecule has 0 bridgehead atoms. The molecule has 130 valence electrons. The Labute approximate surface area is 145 Å². The van der Waals surface area contributed by atoms with Crippen LogP contribution in [0.5, 0.6) is 11.5 Å². The maximum absolute atomic E-state index is 12.1. The Hall–Kier alpha value is -3.55. The van der Waals surface area contributed by atoms with Gasteiger partial charge in [0.1, 0.15) is 11.5 Å². The molecule has 0 unspecified atom stereocenters. The topological polar surface area (TPSA) is 124 Å². The van der Waals surface area contributed by atoms with Gasteiger partial charge in [-0.05, 0) is 24.3 Å². The fourth-order valence-corrected chi connectivity index (χ4v) is 1.95. The summed E-state index contributed by atoms with van der Waals surface area (Å²) in [5.74, 6) is 0.583. The Morgan fingerprint density at radius 2 is 1.80 bits per heavy atom. The lowest BCUT2D eigenvalue weighted by Gasteiger charge is -2.11. The summed E-state index contributed by atoms with van der Waals surface area (Å²) in [6.45, 7) is -0.175. The molecule has 0 fully saturated rings. The molecule has 2 rings (SSSR count). The molecule has 0 atom stereocenters. The van der Waals surface area contributed by atoms with Crippen molar-refractivity contribution < 1.29 is 14.3 Å². The molecule has 0 aliphatic heterocycles. The molecule has 0 heterocycles. The highest BCUT2D eigenvalue weighted by atomic mass is 16.5. The summed E-state index contributed by atoms with van der Waals surface area (Å²) in [6, 6.07) is 14.2. The Balaban J connectivity index is 2.00. The lowest BCUT2D eigenvalue weighted by atomic mass is 10.2. The molecule has 0 aliphatic carbocycles. The van der Waals surface area contributed by atoms with E-state index >= 15 is 0 Å². The summed E-state index contributed by atoms with van der Waals surface area (Å²) < 4.78 is 10.7. The molecule has 1 amide bonds. The van der Waals surface area contributed by atoms with Gasteiger partial charge in [-0.2, -0.15) is 5.10 Å². The van der Waals surface area contributed by atoms with Crippen molar-refractivity contribution in [3.05, 3.63) is 54.1 Å². The van der Waals surface area contributed by atoms with E-state index in [1.807, 2.05) is 6.07 Å². The van der Waals surface area contributed by atoms with Crippen molar-refractivity contribution in [2.45, 2.75) is 0 Å². The van der Waals surface area contributed by atoms with Crippen LogP contribution in [-0.2, 0) is 4.79 Å². The van der Waals surface area contributed by atoms with E-state index in [0.29, 0.717) is 22.7 Å². The molecule has 2 aromatic carbocycles. The number of nitrogens with one attached hydrogen (secondary N) is 1. The first-order chi connectivity index (χ1) is 12.1. The fourth-order valence-electron chi connectivity index (χ4n) is 1.95. The van der Waals surface area contributed by atoms with Crippen LogP contribution in [0.15, 0.2) is 58.7 Å². The molecule has 0 aliphatic rings. The van der Waals surface area contributed by atoms with Crippen molar-refractivity contribution in [2.75, 3.05) is 19.0 Å². The van der Waals surface area contributed by atoms with Gasteiger partial charge in [-0.25, -0.2) is 0 Å². The average molecular weight is 341 g/mol. The van der Waals surface area contributed by atoms with Crippen LogP contribution in [0, 0.1) is 0 Å². The summed E-state index contributed by atoms with van der Waals surface area (Å²) in [5, 5.41) is 9.99. The lowest BCUT2D eigenvalue weighted by Crippen LogP contribution is -2.21. The van der Waals surface area contributed by atoms with Crippen molar-refractivity contribution in [3.63, 3.8) is 0 Å². The summed E-state index contributed by atoms with van der Waals surface area (Å²) in [4.78, 5) is 12.1. The van der Waals surface area contributed by atoms with E-state index in [0.717, 1.165) is 0 Å². The number of methoxy groups -OCH3 is 1. The second-order valence-corrected chi connectivity index (χ2v) is 4.84. The minimum atomic E-state index is -0.319. The molecule has 0 spiro atoms. The molecular formula is C17H19N5O3. The molecule has 5 N–H and O–H groups in total. The summed E-state index contributed by atoms with van der Waals surface area (Å²) in [6.07, 6.45) is 1.44. The Kier molecular flexibility index (Phi) is 6.35. The van der Waals surface area contributed by atoms with Crippen LogP contribution < -0.4 is 26.3 Å². The number of benzene rings is 2. The maximum Gasteiger partial charge on any atom is 0.262 e. The van der Waals surface area contributed by atoms with Gasteiger partial charge in [-0.3, -0.25) is 4.79 Å². The van der Waals surface area contributed by atoms with Gasteiger partial charge in [0, 0.05) is 5.56 Å². The molecule has 8 nitrogen and oxygen atoms in total. The molecule has 2 aromatic rings. The van der Waals surface area contributed by atoms with Gasteiger partial charge in [0.15, 0.2) is 6.61 Å². The van der Waals surface area contributed by atoms with E-state index in [4.69, 9.17) is 20.9 Å². The third-order valence-electron chi connectivity index (χ3n) is 3.03. The third-order valence-corrected chi connectivity index (χ3v) is 3.03. The number of ether oxygens (including phenoxy) is 2. The number of nitrogens with zero attached hydrogens (tertiary/aromatic N) is 2. The van der Waals surface area contributed by atoms with Gasteiger partial charge >= 0.3 is 0 Å². The molecule has 0 aromatic heterocycles. The van der Waals surface area contributed by atoms with E-state index in [1.165, 1.54) is 13.3 Å². The monoisotopic (exact) mass is 341 g/mol. The van der Waals surface area contributed by atoms with Crippen molar-refractivity contribution in [1.82, 2.24) is 0 Å². The molecule has 8 heteroatoms. The van der Waals surface area contributed by atoms with Gasteiger partial charge in [0.05, 0.1) is 19.0 Å². The standard InChI is InChI=1S/C17H19N5O3/c1-24-15-9-5-3-7-13(15)21-16(23)11-25-14-8-4-2-6-12(14)10-20-22-17(18)19/h2-10H,11H2,1H3,(H,21,23)(H4,18,19,22). The predicted molar refractivity (Wildman–Crippen MR) is 97.0 cm³/mol. The van der Waals surface area contributed by atoms with Crippen LogP contribution in [0.25, 0.3) is 0 Å². The van der Waals surface area contributed by atoms with E-state index in [-0.39, 0.29) is 18.5 Å². The van der Waals surface area contributed by atoms with Crippen molar-refractivity contribution in [2.24, 2.45) is 21.7 Å². The first-order valence-electron chi connectivity index (χ1n) is 7.37. The van der Waals surface area contributed by atoms with E-state index < -0.39 is 0 Å². The maximum atomic E-state index is 12.1. The molecule has 0 saturated carbocycles. The summed E-state index contributed by atoms with van der Waals surface area (Å²) >= 11 is 0. The van der Waals surface area contributed by atoms with Crippen molar-refractivity contribution >= 4 is 23.8 Å². The number of anilines is 1. The fraction of sp³-hybridized carbons (Fsp3) is 0.118. The van der Waals surface area contributed by atoms with Gasteiger partial charge in [-0.1, -0.05) is 24.3 Å². The molecule has 0 radical (unpaired) electrons. The zero-order chi connectivity index (χ0) is 18.1. The minimum Gasteiger partial charge on any atom is -0.495 e. The van der Waals surface area contributed by atoms with Crippen LogP contribution in [0.2, 0.25) is 0 Å². The lowest BCUT2D eigenvalue weighted by molar-refractivity contribution is -0.118. The number of nitrogens with two attached hydrogens (primary N) is 2. The first-order valence-corrected chi connectivity index (χ1v) is 7.37. The SMILES string of the molecule is COc1ccccc1NC(=O)COc1ccccc1C=NN=C(N)N. The number of hydrogen-bond acceptors (Lipinski definition) is 5. The zero-order valence-electron chi connectivity index (χ0n) is 13.7. The number of para-hydroxylation sites is 3. The van der Waals surface area contributed by atoms with E-state index in [9.17, 15) is 4.79 Å². The minimum absolute atomic E-state index is 0.147. The van der Waals surface area contributed by atoms with E-state index in [2.05, 4.69) is 15.5 Å². The van der Waals surface area contributed by atoms with E-state index in [1.54, 1.807) is 42.5 Å². The largest absolute Gasteiger partial charge is 0.495 e. The zero-order valence-corrected chi connectivity index (χ0v) is 13.7. The van der Waals surface area contributed by atoms with Crippen LogP contribution in [0.3, 0.4) is 0 Å². The molecule has 0 saturated heterocycles. The second kappa shape index (κ2) is 8.92. The molecular weight excluding hydrogens is 322 g/mol. The quantitative estimate of drug-likeness (QED) is 0.398. The second-order valence-electron chi connectivity index (χ2n) is 4.84. The van der Waals surface area contributed by atoms with Gasteiger partial charge in [0.25, 0.3) is 5.91 Å². The normalized spacial score (nSPS) is 10.3.